The molecular formula is C12H22N2O2. The van der Waals surface area contributed by atoms with Crippen LogP contribution < -0.4 is 5.73 Å². The zero-order valence-electron chi connectivity index (χ0n) is 10.6. The first kappa shape index (κ1) is 13.2. The lowest BCUT2D eigenvalue weighted by Gasteiger charge is -2.37. The molecule has 0 aliphatic carbocycles. The van der Waals surface area contributed by atoms with E-state index in [0.29, 0.717) is 0 Å². The summed E-state index contributed by atoms with van der Waals surface area (Å²) in [6.07, 6.45) is 1.84. The Bertz CT molecular complexity index is 291. The van der Waals surface area contributed by atoms with Crippen LogP contribution in [-0.4, -0.2) is 36.2 Å². The van der Waals surface area contributed by atoms with Gasteiger partial charge in [-0.3, -0.25) is 9.69 Å². The molecule has 0 aromatic rings. The number of likely N-dealkylation sites (tertiary alicyclic amines) is 1. The Morgan fingerprint density at radius 2 is 2.12 bits per heavy atom. The van der Waals surface area contributed by atoms with Gasteiger partial charge in [-0.1, -0.05) is 13.8 Å². The largest absolute Gasteiger partial charge is 0.368 e. The van der Waals surface area contributed by atoms with Crippen molar-refractivity contribution >= 4 is 12.2 Å². The predicted molar refractivity (Wildman–Crippen MR) is 62.7 cm³/mol. The monoisotopic (exact) mass is 226 g/mol. The average molecular weight is 226 g/mol. The molecule has 3 atom stereocenters. The first-order valence-corrected chi connectivity index (χ1v) is 5.82. The van der Waals surface area contributed by atoms with Gasteiger partial charge in [0.15, 0.2) is 0 Å². The molecule has 4 nitrogen and oxygen atoms in total. The van der Waals surface area contributed by atoms with Crippen LogP contribution in [0.5, 0.6) is 0 Å². The average Bonchev–Trinajstić information content (AvgIpc) is 2.48. The van der Waals surface area contributed by atoms with Crippen LogP contribution in [0.3, 0.4) is 0 Å². The Hall–Kier alpha value is -0.900. The van der Waals surface area contributed by atoms with Crippen LogP contribution in [-0.2, 0) is 9.59 Å². The Labute approximate surface area is 97.2 Å². The van der Waals surface area contributed by atoms with E-state index in [0.717, 1.165) is 19.3 Å². The SMILES string of the molecule is CC(C)C(C=O)C1CCN(C)C1(C)C(N)=O. The van der Waals surface area contributed by atoms with Crippen LogP contribution in [0, 0.1) is 17.8 Å². The number of aldehydes is 1. The summed E-state index contributed by atoms with van der Waals surface area (Å²) in [5.41, 5.74) is 4.82. The predicted octanol–water partition coefficient (Wildman–Crippen LogP) is 0.653. The molecule has 4 heteroatoms. The Morgan fingerprint density at radius 3 is 2.50 bits per heavy atom. The zero-order chi connectivity index (χ0) is 12.5. The second-order valence-corrected chi connectivity index (χ2v) is 5.29. The number of primary amides is 1. The smallest absolute Gasteiger partial charge is 0.237 e. The fourth-order valence-electron chi connectivity index (χ4n) is 2.78. The topological polar surface area (TPSA) is 63.4 Å². The van der Waals surface area contributed by atoms with Crippen molar-refractivity contribution in [3.8, 4) is 0 Å². The minimum atomic E-state index is -0.685. The van der Waals surface area contributed by atoms with Gasteiger partial charge >= 0.3 is 0 Å². The van der Waals surface area contributed by atoms with Crippen molar-refractivity contribution in [1.82, 2.24) is 4.90 Å². The van der Waals surface area contributed by atoms with Gasteiger partial charge in [-0.25, -0.2) is 0 Å². The van der Waals surface area contributed by atoms with E-state index in [1.807, 2.05) is 32.7 Å². The van der Waals surface area contributed by atoms with Crippen molar-refractivity contribution in [3.05, 3.63) is 0 Å². The van der Waals surface area contributed by atoms with E-state index in [9.17, 15) is 9.59 Å². The fourth-order valence-corrected chi connectivity index (χ4v) is 2.78. The second kappa shape index (κ2) is 4.53. The van der Waals surface area contributed by atoms with E-state index >= 15 is 0 Å². The van der Waals surface area contributed by atoms with Gasteiger partial charge in [0.25, 0.3) is 0 Å². The summed E-state index contributed by atoms with van der Waals surface area (Å²) in [4.78, 5) is 24.8. The molecule has 0 saturated carbocycles. The van der Waals surface area contributed by atoms with Crippen LogP contribution in [0.4, 0.5) is 0 Å². The molecule has 1 aliphatic heterocycles. The standard InChI is InChI=1S/C12H22N2O2/c1-8(2)9(7-15)10-5-6-14(4)12(10,3)11(13)16/h7-10H,5-6H2,1-4H3,(H2,13,16). The lowest BCUT2D eigenvalue weighted by molar-refractivity contribution is -0.131. The van der Waals surface area contributed by atoms with Gasteiger partial charge in [0.1, 0.15) is 11.8 Å². The molecule has 1 saturated heterocycles. The molecule has 1 fully saturated rings. The first-order chi connectivity index (χ1) is 7.35. The number of nitrogens with two attached hydrogens (primary N) is 1. The van der Waals surface area contributed by atoms with Crippen molar-refractivity contribution in [1.29, 1.82) is 0 Å². The van der Waals surface area contributed by atoms with Crippen molar-refractivity contribution in [2.24, 2.45) is 23.5 Å². The number of likely N-dealkylation sites (N-methyl/N-ethyl adjacent to an activating group) is 1. The third-order valence-corrected chi connectivity index (χ3v) is 4.18. The maximum Gasteiger partial charge on any atom is 0.237 e. The summed E-state index contributed by atoms with van der Waals surface area (Å²) in [6, 6.07) is 0. The fraction of sp³-hybridized carbons (Fsp3) is 0.833. The summed E-state index contributed by atoms with van der Waals surface area (Å²) in [7, 11) is 1.90. The van der Waals surface area contributed by atoms with Crippen LogP contribution >= 0.6 is 0 Å². The number of amides is 1. The first-order valence-electron chi connectivity index (χ1n) is 5.82. The van der Waals surface area contributed by atoms with Gasteiger partial charge in [0.2, 0.25) is 5.91 Å². The van der Waals surface area contributed by atoms with Crippen molar-refractivity contribution in [3.63, 3.8) is 0 Å². The lowest BCUT2D eigenvalue weighted by Crippen LogP contribution is -2.56. The Balaban J connectivity index is 3.04. The molecule has 0 radical (unpaired) electrons. The molecule has 0 bridgehead atoms. The van der Waals surface area contributed by atoms with Gasteiger partial charge in [-0.15, -0.1) is 0 Å². The number of carbonyl (C=O) groups excluding carboxylic acids is 2. The lowest BCUT2D eigenvalue weighted by atomic mass is 9.73. The van der Waals surface area contributed by atoms with Crippen molar-refractivity contribution in [2.45, 2.75) is 32.7 Å². The molecule has 2 N–H and O–H groups in total. The molecule has 1 heterocycles. The normalized spacial score (nSPS) is 32.9. The number of hydrogen-bond donors (Lipinski definition) is 1. The summed E-state index contributed by atoms with van der Waals surface area (Å²) >= 11 is 0. The second-order valence-electron chi connectivity index (χ2n) is 5.29. The van der Waals surface area contributed by atoms with E-state index in [4.69, 9.17) is 5.73 Å². The highest BCUT2D eigenvalue weighted by Gasteiger charge is 2.51. The third-order valence-electron chi connectivity index (χ3n) is 4.18. The van der Waals surface area contributed by atoms with E-state index in [1.165, 1.54) is 0 Å². The molecule has 16 heavy (non-hydrogen) atoms. The van der Waals surface area contributed by atoms with Gasteiger partial charge < -0.3 is 10.5 Å². The number of nitrogens with zero attached hydrogens (tertiary/aromatic N) is 1. The molecule has 1 rings (SSSR count). The maximum atomic E-state index is 11.7. The quantitative estimate of drug-likeness (QED) is 0.716. The van der Waals surface area contributed by atoms with Crippen LogP contribution in [0.2, 0.25) is 0 Å². The van der Waals surface area contributed by atoms with Crippen LogP contribution in [0.15, 0.2) is 0 Å². The molecule has 92 valence electrons. The summed E-state index contributed by atoms with van der Waals surface area (Å²) in [6.45, 7) is 6.70. The van der Waals surface area contributed by atoms with Crippen LogP contribution in [0.1, 0.15) is 27.2 Å². The van der Waals surface area contributed by atoms with Crippen LogP contribution in [0.25, 0.3) is 0 Å². The highest BCUT2D eigenvalue weighted by Crippen LogP contribution is 2.40. The zero-order valence-corrected chi connectivity index (χ0v) is 10.6. The molecule has 1 amide bonds. The summed E-state index contributed by atoms with van der Waals surface area (Å²) in [5.74, 6) is -0.146. The Kier molecular flexibility index (Phi) is 3.73. The van der Waals surface area contributed by atoms with E-state index in [2.05, 4.69) is 0 Å². The number of carbonyl (C=O) groups is 2. The van der Waals surface area contributed by atoms with E-state index in [-0.39, 0.29) is 23.7 Å². The van der Waals surface area contributed by atoms with Crippen molar-refractivity contribution in [2.75, 3.05) is 13.6 Å². The molecule has 3 unspecified atom stereocenters. The maximum absolute atomic E-state index is 11.7. The number of hydrogen-bond acceptors (Lipinski definition) is 3. The summed E-state index contributed by atoms with van der Waals surface area (Å²) in [5, 5.41) is 0. The van der Waals surface area contributed by atoms with Gasteiger partial charge in [0.05, 0.1) is 0 Å². The molecule has 1 aliphatic rings. The van der Waals surface area contributed by atoms with Gasteiger partial charge in [0, 0.05) is 5.92 Å². The van der Waals surface area contributed by atoms with E-state index in [1.54, 1.807) is 0 Å². The molecule has 0 aromatic heterocycles. The van der Waals surface area contributed by atoms with Gasteiger partial charge in [-0.2, -0.15) is 0 Å². The molecule has 0 spiro atoms. The minimum absolute atomic E-state index is 0.0347. The molecule has 0 aromatic carbocycles. The Morgan fingerprint density at radius 1 is 1.56 bits per heavy atom. The van der Waals surface area contributed by atoms with Gasteiger partial charge in [-0.05, 0) is 38.8 Å². The summed E-state index contributed by atoms with van der Waals surface area (Å²) < 4.78 is 0. The minimum Gasteiger partial charge on any atom is -0.368 e. The van der Waals surface area contributed by atoms with E-state index < -0.39 is 5.54 Å². The number of rotatable bonds is 4. The highest BCUT2D eigenvalue weighted by atomic mass is 16.1. The van der Waals surface area contributed by atoms with Crippen molar-refractivity contribution < 1.29 is 9.59 Å². The highest BCUT2D eigenvalue weighted by molar-refractivity contribution is 5.85. The third kappa shape index (κ3) is 1.86. The molecular weight excluding hydrogens is 204 g/mol.